The molecule has 0 radical (unpaired) electrons. The van der Waals surface area contributed by atoms with Crippen molar-refractivity contribution < 1.29 is 4.79 Å². The minimum Gasteiger partial charge on any atom is -0.326 e. The number of carbonyl (C=O) groups is 1. The second kappa shape index (κ2) is 6.81. The van der Waals surface area contributed by atoms with Gasteiger partial charge in [-0.25, -0.2) is 9.67 Å². The minimum absolute atomic E-state index is 0.0634. The monoisotopic (exact) mass is 380 g/mol. The van der Waals surface area contributed by atoms with Crippen LogP contribution in [0.5, 0.6) is 0 Å². The zero-order valence-corrected chi connectivity index (χ0v) is 15.3. The number of benzene rings is 2. The third-order valence-corrected chi connectivity index (χ3v) is 5.16. The molecule has 1 amide bonds. The van der Waals surface area contributed by atoms with E-state index in [4.69, 9.17) is 0 Å². The molecule has 0 saturated carbocycles. The maximum absolute atomic E-state index is 12.5. The summed E-state index contributed by atoms with van der Waals surface area (Å²) >= 11 is 1.56. The number of anilines is 1. The minimum atomic E-state index is -0.350. The Morgan fingerprint density at radius 2 is 1.96 bits per heavy atom. The van der Waals surface area contributed by atoms with Crippen LogP contribution >= 0.6 is 11.3 Å². The molecule has 2 N–H and O–H groups in total. The van der Waals surface area contributed by atoms with Gasteiger partial charge in [0.1, 0.15) is 0 Å². The summed E-state index contributed by atoms with van der Waals surface area (Å²) in [5.74, 6) is -0.239. The standard InChI is InChI=1S/C19H16N4O3S/c1-11-20-15-7-6-12(10-16(15)27-11)21-17(24)8-9-23-19(26)14-5-3-2-4-13(14)18(25)22-23/h2-7,10H,8-9H2,1H3,(H,21,24)(H,22,25). The van der Waals surface area contributed by atoms with Gasteiger partial charge in [0.2, 0.25) is 5.91 Å². The predicted octanol–water partition coefficient (Wildman–Crippen LogP) is 2.64. The molecule has 136 valence electrons. The number of H-pyrrole nitrogens is 1. The molecular weight excluding hydrogens is 364 g/mol. The van der Waals surface area contributed by atoms with Crippen molar-refractivity contribution in [2.45, 2.75) is 19.9 Å². The lowest BCUT2D eigenvalue weighted by Crippen LogP contribution is -2.31. The summed E-state index contributed by atoms with van der Waals surface area (Å²) < 4.78 is 2.18. The first-order valence-corrected chi connectivity index (χ1v) is 9.22. The lowest BCUT2D eigenvalue weighted by Gasteiger charge is -2.08. The number of nitrogens with one attached hydrogen (secondary N) is 2. The molecular formula is C19H16N4O3S. The highest BCUT2D eigenvalue weighted by Gasteiger charge is 2.09. The van der Waals surface area contributed by atoms with E-state index < -0.39 is 0 Å². The summed E-state index contributed by atoms with van der Waals surface area (Å²) in [5.41, 5.74) is 0.905. The molecule has 0 aliphatic rings. The average molecular weight is 380 g/mol. The Balaban J connectivity index is 1.50. The van der Waals surface area contributed by atoms with Gasteiger partial charge in [-0.15, -0.1) is 11.3 Å². The Labute approximate surface area is 157 Å². The number of hydrogen-bond donors (Lipinski definition) is 2. The molecule has 0 aliphatic carbocycles. The normalized spacial score (nSPS) is 11.1. The van der Waals surface area contributed by atoms with Gasteiger partial charge in [-0.3, -0.25) is 19.5 Å². The van der Waals surface area contributed by atoms with Crippen LogP contribution in [0.2, 0.25) is 0 Å². The van der Waals surface area contributed by atoms with E-state index in [-0.39, 0.29) is 30.0 Å². The first-order valence-electron chi connectivity index (χ1n) is 8.40. The zero-order chi connectivity index (χ0) is 19.0. The molecule has 4 aromatic rings. The molecule has 0 fully saturated rings. The topological polar surface area (TPSA) is 96.8 Å². The Morgan fingerprint density at radius 3 is 2.78 bits per heavy atom. The third kappa shape index (κ3) is 3.39. The number of amides is 1. The highest BCUT2D eigenvalue weighted by molar-refractivity contribution is 7.18. The van der Waals surface area contributed by atoms with Gasteiger partial charge in [0, 0.05) is 12.1 Å². The van der Waals surface area contributed by atoms with E-state index in [2.05, 4.69) is 15.4 Å². The van der Waals surface area contributed by atoms with Crippen molar-refractivity contribution in [1.82, 2.24) is 14.8 Å². The summed E-state index contributed by atoms with van der Waals surface area (Å²) in [4.78, 5) is 41.2. The van der Waals surface area contributed by atoms with E-state index in [9.17, 15) is 14.4 Å². The van der Waals surface area contributed by atoms with Crippen LogP contribution in [0.3, 0.4) is 0 Å². The maximum Gasteiger partial charge on any atom is 0.273 e. The molecule has 0 aliphatic heterocycles. The first kappa shape index (κ1) is 17.2. The number of aryl methyl sites for hydroxylation is 2. The third-order valence-electron chi connectivity index (χ3n) is 4.23. The predicted molar refractivity (Wildman–Crippen MR) is 106 cm³/mol. The van der Waals surface area contributed by atoms with E-state index in [0.29, 0.717) is 16.5 Å². The molecule has 0 spiro atoms. The van der Waals surface area contributed by atoms with Crippen LogP contribution < -0.4 is 16.4 Å². The number of thiazole rings is 1. The van der Waals surface area contributed by atoms with E-state index in [1.54, 1.807) is 41.7 Å². The van der Waals surface area contributed by atoms with Crippen molar-refractivity contribution in [2.24, 2.45) is 0 Å². The first-order chi connectivity index (χ1) is 13.0. The molecule has 7 nitrogen and oxygen atoms in total. The van der Waals surface area contributed by atoms with Crippen LogP contribution in [-0.4, -0.2) is 20.7 Å². The van der Waals surface area contributed by atoms with Crippen molar-refractivity contribution >= 4 is 43.9 Å². The average Bonchev–Trinajstić information content (AvgIpc) is 3.03. The van der Waals surface area contributed by atoms with Crippen LogP contribution in [0.15, 0.2) is 52.1 Å². The zero-order valence-electron chi connectivity index (χ0n) is 14.5. The van der Waals surface area contributed by atoms with Crippen molar-refractivity contribution in [1.29, 1.82) is 0 Å². The SMILES string of the molecule is Cc1nc2ccc(NC(=O)CCn3[nH]c(=O)c4ccccc4c3=O)cc2s1. The lowest BCUT2D eigenvalue weighted by atomic mass is 10.2. The fourth-order valence-corrected chi connectivity index (χ4v) is 3.82. The van der Waals surface area contributed by atoms with Crippen LogP contribution in [0.4, 0.5) is 5.69 Å². The number of hydrogen-bond acceptors (Lipinski definition) is 5. The molecule has 0 bridgehead atoms. The van der Waals surface area contributed by atoms with Crippen LogP contribution in [0.1, 0.15) is 11.4 Å². The molecule has 0 saturated heterocycles. The van der Waals surface area contributed by atoms with E-state index in [1.807, 2.05) is 19.1 Å². The number of aromatic nitrogens is 3. The second-order valence-corrected chi connectivity index (χ2v) is 7.39. The van der Waals surface area contributed by atoms with Crippen molar-refractivity contribution in [3.05, 3.63) is 68.2 Å². The summed E-state index contributed by atoms with van der Waals surface area (Å²) in [6.45, 7) is 2.03. The highest BCUT2D eigenvalue weighted by Crippen LogP contribution is 2.24. The number of aromatic amines is 1. The quantitative estimate of drug-likeness (QED) is 0.569. The van der Waals surface area contributed by atoms with Gasteiger partial charge in [-0.1, -0.05) is 12.1 Å². The van der Waals surface area contributed by atoms with E-state index in [0.717, 1.165) is 15.2 Å². The summed E-state index contributed by atoms with van der Waals surface area (Å²) in [6, 6.07) is 12.2. The number of rotatable bonds is 4. The fourth-order valence-electron chi connectivity index (χ4n) is 2.96. The lowest BCUT2D eigenvalue weighted by molar-refractivity contribution is -0.116. The second-order valence-electron chi connectivity index (χ2n) is 6.16. The van der Waals surface area contributed by atoms with Gasteiger partial charge < -0.3 is 5.32 Å². The molecule has 2 aromatic heterocycles. The van der Waals surface area contributed by atoms with Crippen LogP contribution in [0.25, 0.3) is 21.0 Å². The van der Waals surface area contributed by atoms with Gasteiger partial charge >= 0.3 is 0 Å². The summed E-state index contributed by atoms with van der Waals surface area (Å²) in [7, 11) is 0. The molecule has 0 unspecified atom stereocenters. The van der Waals surface area contributed by atoms with Gasteiger partial charge in [0.05, 0.1) is 32.5 Å². The number of carbonyl (C=O) groups excluding carboxylic acids is 1. The van der Waals surface area contributed by atoms with Crippen LogP contribution in [-0.2, 0) is 11.3 Å². The molecule has 8 heteroatoms. The van der Waals surface area contributed by atoms with Gasteiger partial charge in [-0.05, 0) is 37.3 Å². The highest BCUT2D eigenvalue weighted by atomic mass is 32.1. The molecule has 2 heterocycles. The van der Waals surface area contributed by atoms with Crippen molar-refractivity contribution in [3.63, 3.8) is 0 Å². The van der Waals surface area contributed by atoms with Crippen LogP contribution in [0, 0.1) is 6.92 Å². The van der Waals surface area contributed by atoms with E-state index in [1.165, 1.54) is 4.68 Å². The smallest absolute Gasteiger partial charge is 0.273 e. The summed E-state index contributed by atoms with van der Waals surface area (Å²) in [6.07, 6.45) is 0.0634. The van der Waals surface area contributed by atoms with Gasteiger partial charge in [0.15, 0.2) is 0 Å². The Kier molecular flexibility index (Phi) is 4.33. The largest absolute Gasteiger partial charge is 0.326 e. The molecule has 2 aromatic carbocycles. The molecule has 0 atom stereocenters. The van der Waals surface area contributed by atoms with Crippen molar-refractivity contribution in [3.8, 4) is 0 Å². The molecule has 27 heavy (non-hydrogen) atoms. The molecule has 4 rings (SSSR count). The number of nitrogens with zero attached hydrogens (tertiary/aromatic N) is 2. The van der Waals surface area contributed by atoms with Gasteiger partial charge in [0.25, 0.3) is 11.1 Å². The van der Waals surface area contributed by atoms with Gasteiger partial charge in [-0.2, -0.15) is 0 Å². The maximum atomic E-state index is 12.5. The fraction of sp³-hybridized carbons (Fsp3) is 0.158. The number of fused-ring (bicyclic) bond motifs is 2. The Morgan fingerprint density at radius 1 is 1.19 bits per heavy atom. The van der Waals surface area contributed by atoms with Crippen molar-refractivity contribution in [2.75, 3.05) is 5.32 Å². The Bertz CT molecular complexity index is 1290. The summed E-state index contributed by atoms with van der Waals surface area (Å²) in [5, 5.41) is 6.99. The van der Waals surface area contributed by atoms with E-state index >= 15 is 0 Å². The Hall–Kier alpha value is -3.26.